The van der Waals surface area contributed by atoms with Crippen LogP contribution in [0.15, 0.2) is 18.5 Å². The average Bonchev–Trinajstić information content (AvgIpc) is 1.94. The van der Waals surface area contributed by atoms with Gasteiger partial charge in [-0.3, -0.25) is 9.98 Å². The van der Waals surface area contributed by atoms with E-state index in [1.54, 1.807) is 17.0 Å². The quantitative estimate of drug-likeness (QED) is 0.601. The molecule has 1 N–H and O–H groups in total. The van der Waals surface area contributed by atoms with Crippen LogP contribution in [0.5, 0.6) is 0 Å². The summed E-state index contributed by atoms with van der Waals surface area (Å²) in [7, 11) is 0. The molecule has 0 unspecified atom stereocenters. The third kappa shape index (κ3) is 1.28. The highest BCUT2D eigenvalue weighted by Gasteiger charge is 1.82. The maximum atomic E-state index is 7.21. The SMILES string of the molecule is C/C=C\n1ccnnc1=N. The minimum absolute atomic E-state index is 0.139. The first-order valence-electron chi connectivity index (χ1n) is 2.92. The minimum Gasteiger partial charge on any atom is -0.291 e. The molecule has 0 aliphatic rings. The van der Waals surface area contributed by atoms with Gasteiger partial charge in [-0.1, -0.05) is 6.08 Å². The molecule has 0 aromatic carbocycles. The molecule has 52 valence electrons. The van der Waals surface area contributed by atoms with Gasteiger partial charge in [0.2, 0.25) is 5.62 Å². The van der Waals surface area contributed by atoms with Crippen molar-refractivity contribution in [1.29, 1.82) is 5.41 Å². The van der Waals surface area contributed by atoms with Crippen LogP contribution >= 0.6 is 0 Å². The van der Waals surface area contributed by atoms with Gasteiger partial charge in [0.15, 0.2) is 0 Å². The fourth-order valence-corrected chi connectivity index (χ4v) is 0.593. The highest BCUT2D eigenvalue weighted by atomic mass is 15.2. The second-order valence-electron chi connectivity index (χ2n) is 1.73. The first-order chi connectivity index (χ1) is 4.84. The van der Waals surface area contributed by atoms with E-state index in [4.69, 9.17) is 5.41 Å². The van der Waals surface area contributed by atoms with Crippen molar-refractivity contribution in [3.8, 4) is 0 Å². The molecule has 1 heterocycles. The van der Waals surface area contributed by atoms with Gasteiger partial charge in [-0.15, -0.1) is 5.10 Å². The van der Waals surface area contributed by atoms with Crippen molar-refractivity contribution in [2.45, 2.75) is 6.92 Å². The number of hydrogen-bond donors (Lipinski definition) is 1. The normalized spacial score (nSPS) is 10.5. The lowest BCUT2D eigenvalue weighted by Crippen LogP contribution is -2.18. The van der Waals surface area contributed by atoms with Crippen molar-refractivity contribution in [2.24, 2.45) is 0 Å². The van der Waals surface area contributed by atoms with E-state index >= 15 is 0 Å². The molecule has 1 aromatic rings. The lowest BCUT2D eigenvalue weighted by molar-refractivity contribution is 0.799. The van der Waals surface area contributed by atoms with Gasteiger partial charge >= 0.3 is 0 Å². The molecule has 1 rings (SSSR count). The van der Waals surface area contributed by atoms with Gasteiger partial charge in [-0.25, -0.2) is 0 Å². The van der Waals surface area contributed by atoms with Crippen LogP contribution in [0.4, 0.5) is 0 Å². The Kier molecular flexibility index (Phi) is 1.94. The fraction of sp³-hybridized carbons (Fsp3) is 0.167. The summed E-state index contributed by atoms with van der Waals surface area (Å²) in [5, 5.41) is 14.3. The first kappa shape index (κ1) is 6.67. The molecule has 0 aliphatic heterocycles. The van der Waals surface area contributed by atoms with Crippen LogP contribution in [0, 0.1) is 5.41 Å². The summed E-state index contributed by atoms with van der Waals surface area (Å²) in [5.74, 6) is 0. The predicted molar refractivity (Wildman–Crippen MR) is 36.9 cm³/mol. The molecule has 0 radical (unpaired) electrons. The van der Waals surface area contributed by atoms with Crippen LogP contribution in [0.2, 0.25) is 0 Å². The van der Waals surface area contributed by atoms with Crippen LogP contribution < -0.4 is 5.62 Å². The lowest BCUT2D eigenvalue weighted by atomic mass is 10.7. The molecular formula is C6H8N4. The largest absolute Gasteiger partial charge is 0.291 e. The van der Waals surface area contributed by atoms with Crippen molar-refractivity contribution in [2.75, 3.05) is 0 Å². The summed E-state index contributed by atoms with van der Waals surface area (Å²) in [4.78, 5) is 0. The van der Waals surface area contributed by atoms with Gasteiger partial charge in [-0.2, -0.15) is 5.10 Å². The fourth-order valence-electron chi connectivity index (χ4n) is 0.593. The molecule has 1 aromatic heterocycles. The molecule has 0 fully saturated rings. The maximum absolute atomic E-state index is 7.21. The molecule has 4 nitrogen and oxygen atoms in total. The molecule has 0 saturated carbocycles. The van der Waals surface area contributed by atoms with E-state index < -0.39 is 0 Å². The molecule has 0 spiro atoms. The van der Waals surface area contributed by atoms with Crippen LogP contribution in [0.25, 0.3) is 6.20 Å². The minimum atomic E-state index is 0.139. The Hall–Kier alpha value is -1.45. The average molecular weight is 136 g/mol. The Morgan fingerprint density at radius 2 is 2.50 bits per heavy atom. The monoisotopic (exact) mass is 136 g/mol. The summed E-state index contributed by atoms with van der Waals surface area (Å²) in [6, 6.07) is 0. The van der Waals surface area contributed by atoms with E-state index in [9.17, 15) is 0 Å². The standard InChI is InChI=1S/C6H8N4/c1-2-4-10-5-3-8-9-6(10)7/h2-5,7H,1H3/b4-2-,7-6?. The molecule has 0 aliphatic carbocycles. The molecule has 4 heteroatoms. The van der Waals surface area contributed by atoms with Gasteiger partial charge < -0.3 is 0 Å². The summed E-state index contributed by atoms with van der Waals surface area (Å²) in [6.45, 7) is 1.88. The number of rotatable bonds is 1. The molecule has 0 saturated heterocycles. The van der Waals surface area contributed by atoms with Crippen LogP contribution in [-0.2, 0) is 0 Å². The Balaban J connectivity index is 3.16. The zero-order chi connectivity index (χ0) is 7.40. The van der Waals surface area contributed by atoms with Gasteiger partial charge in [0.25, 0.3) is 0 Å². The highest BCUT2D eigenvalue weighted by Crippen LogP contribution is 1.76. The Labute approximate surface area is 58.4 Å². The van der Waals surface area contributed by atoms with Crippen molar-refractivity contribution in [3.05, 3.63) is 24.1 Å². The zero-order valence-electron chi connectivity index (χ0n) is 5.65. The van der Waals surface area contributed by atoms with Crippen molar-refractivity contribution >= 4 is 6.20 Å². The van der Waals surface area contributed by atoms with E-state index in [0.717, 1.165) is 0 Å². The molecule has 0 bridgehead atoms. The Morgan fingerprint density at radius 3 is 3.10 bits per heavy atom. The van der Waals surface area contributed by atoms with Crippen molar-refractivity contribution < 1.29 is 0 Å². The predicted octanol–water partition coefficient (Wildman–Crippen LogP) is 0.248. The highest BCUT2D eigenvalue weighted by molar-refractivity contribution is 5.18. The van der Waals surface area contributed by atoms with Crippen LogP contribution in [-0.4, -0.2) is 14.8 Å². The smallest absolute Gasteiger partial charge is 0.246 e. The number of nitrogens with zero attached hydrogens (tertiary/aromatic N) is 3. The van der Waals surface area contributed by atoms with E-state index in [0.29, 0.717) is 0 Å². The number of nitrogens with one attached hydrogen (secondary N) is 1. The maximum Gasteiger partial charge on any atom is 0.246 e. The zero-order valence-corrected chi connectivity index (χ0v) is 5.65. The third-order valence-corrected chi connectivity index (χ3v) is 1.00. The summed E-state index contributed by atoms with van der Waals surface area (Å²) >= 11 is 0. The second-order valence-corrected chi connectivity index (χ2v) is 1.73. The van der Waals surface area contributed by atoms with Gasteiger partial charge in [-0.05, 0) is 6.92 Å². The van der Waals surface area contributed by atoms with E-state index in [2.05, 4.69) is 10.2 Å². The number of hydrogen-bond acceptors (Lipinski definition) is 3. The van der Waals surface area contributed by atoms with Crippen LogP contribution in [0.3, 0.4) is 0 Å². The molecular weight excluding hydrogens is 128 g/mol. The summed E-state index contributed by atoms with van der Waals surface area (Å²) < 4.78 is 1.58. The van der Waals surface area contributed by atoms with E-state index in [-0.39, 0.29) is 5.62 Å². The number of aromatic nitrogens is 3. The second kappa shape index (κ2) is 2.91. The van der Waals surface area contributed by atoms with E-state index in [1.807, 2.05) is 13.0 Å². The third-order valence-electron chi connectivity index (χ3n) is 1.00. The number of allylic oxidation sites excluding steroid dienone is 1. The molecule has 0 atom stereocenters. The van der Waals surface area contributed by atoms with Gasteiger partial charge in [0.1, 0.15) is 0 Å². The first-order valence-corrected chi connectivity index (χ1v) is 2.92. The summed E-state index contributed by atoms with van der Waals surface area (Å²) in [5.41, 5.74) is 0.139. The van der Waals surface area contributed by atoms with Gasteiger partial charge in [0.05, 0.1) is 6.20 Å². The molecule has 10 heavy (non-hydrogen) atoms. The summed E-state index contributed by atoms with van der Waals surface area (Å²) in [6.07, 6.45) is 6.80. The topological polar surface area (TPSA) is 54.6 Å². The van der Waals surface area contributed by atoms with Crippen molar-refractivity contribution in [3.63, 3.8) is 0 Å². The van der Waals surface area contributed by atoms with Gasteiger partial charge in [0, 0.05) is 12.4 Å². The Bertz CT molecular complexity index is 286. The Morgan fingerprint density at radius 1 is 1.70 bits per heavy atom. The van der Waals surface area contributed by atoms with Crippen molar-refractivity contribution in [1.82, 2.24) is 14.8 Å². The van der Waals surface area contributed by atoms with E-state index in [1.165, 1.54) is 6.20 Å². The lowest BCUT2D eigenvalue weighted by Gasteiger charge is -1.93. The molecule has 0 amide bonds. The van der Waals surface area contributed by atoms with Crippen LogP contribution in [0.1, 0.15) is 6.92 Å².